The topological polar surface area (TPSA) is 99.3 Å². The van der Waals surface area contributed by atoms with Gasteiger partial charge in [0.05, 0.1) is 13.2 Å². The molecule has 0 saturated carbocycles. The lowest BCUT2D eigenvalue weighted by Crippen LogP contribution is -2.28. The maximum Gasteiger partial charge on any atom is 0.182 e. The number of nitrogens with two attached hydrogens (primary N) is 1. The van der Waals surface area contributed by atoms with Crippen LogP contribution in [0.25, 0.3) is 21.5 Å². The molecule has 0 atom stereocenters. The molecule has 1 aliphatic rings. The number of anilines is 2. The Morgan fingerprint density at radius 1 is 1.12 bits per heavy atom. The van der Waals surface area contributed by atoms with E-state index in [1.165, 1.54) is 11.3 Å². The van der Waals surface area contributed by atoms with Gasteiger partial charge in [-0.25, -0.2) is 19.9 Å². The number of pyridine rings is 1. The summed E-state index contributed by atoms with van der Waals surface area (Å²) in [5.41, 5.74) is 13.1. The van der Waals surface area contributed by atoms with Crippen molar-refractivity contribution in [3.05, 3.63) is 52.6 Å². The minimum atomic E-state index is 0.529. The summed E-state index contributed by atoms with van der Waals surface area (Å²) in [6.45, 7) is 8.72. The number of nitrogen functional groups attached to an aromatic ring is 1. The quantitative estimate of drug-likeness (QED) is 0.457. The molecule has 9 heteroatoms. The number of thiazole rings is 1. The molecule has 0 fully saturated rings. The van der Waals surface area contributed by atoms with Crippen LogP contribution in [0.1, 0.15) is 28.2 Å². The lowest BCUT2D eigenvalue weighted by atomic mass is 9.99. The Morgan fingerprint density at radius 3 is 2.79 bits per heavy atom. The summed E-state index contributed by atoms with van der Waals surface area (Å²) >= 11 is 1.40. The van der Waals surface area contributed by atoms with Gasteiger partial charge >= 0.3 is 0 Å². The number of nitrogens with zero attached hydrogens (tertiary/aromatic N) is 5. The van der Waals surface area contributed by atoms with Crippen molar-refractivity contribution >= 4 is 32.6 Å². The average molecular weight is 477 g/mol. The first-order valence-electron chi connectivity index (χ1n) is 11.3. The van der Waals surface area contributed by atoms with Crippen LogP contribution in [0, 0.1) is 20.8 Å². The Kier molecular flexibility index (Phi) is 6.05. The van der Waals surface area contributed by atoms with Gasteiger partial charge in [0.25, 0.3) is 0 Å². The van der Waals surface area contributed by atoms with Crippen LogP contribution in [-0.4, -0.2) is 46.8 Å². The highest BCUT2D eigenvalue weighted by molar-refractivity contribution is 7.21. The molecule has 0 amide bonds. The van der Waals surface area contributed by atoms with Gasteiger partial charge in [0, 0.05) is 48.7 Å². The van der Waals surface area contributed by atoms with Gasteiger partial charge in [0.1, 0.15) is 34.3 Å². The van der Waals surface area contributed by atoms with Gasteiger partial charge in [-0.1, -0.05) is 11.3 Å². The highest BCUT2D eigenvalue weighted by Gasteiger charge is 2.23. The Labute approximate surface area is 202 Å². The monoisotopic (exact) mass is 476 g/mol. The summed E-state index contributed by atoms with van der Waals surface area (Å²) in [7, 11) is 1.72. The molecule has 0 saturated heterocycles. The van der Waals surface area contributed by atoms with Gasteiger partial charge in [-0.3, -0.25) is 0 Å². The third-order valence-corrected chi connectivity index (χ3v) is 6.89. The first kappa shape index (κ1) is 22.5. The van der Waals surface area contributed by atoms with Crippen molar-refractivity contribution in [3.63, 3.8) is 0 Å². The number of rotatable bonds is 5. The minimum absolute atomic E-state index is 0.529. The highest BCUT2D eigenvalue weighted by atomic mass is 32.1. The normalized spacial score (nSPS) is 13.6. The van der Waals surface area contributed by atoms with Crippen molar-refractivity contribution in [2.24, 2.45) is 0 Å². The number of aryl methyl sites for hydroxylation is 3. The molecule has 4 heterocycles. The van der Waals surface area contributed by atoms with Crippen molar-refractivity contribution in [3.8, 4) is 16.9 Å². The molecule has 8 nitrogen and oxygen atoms in total. The van der Waals surface area contributed by atoms with Crippen LogP contribution < -0.4 is 15.4 Å². The number of fused-ring (bicyclic) bond motifs is 2. The van der Waals surface area contributed by atoms with Crippen molar-refractivity contribution in [2.45, 2.75) is 33.7 Å². The molecule has 0 aliphatic carbocycles. The molecular weight excluding hydrogens is 448 g/mol. The molecular formula is C25H28N6O2S. The van der Waals surface area contributed by atoms with E-state index in [1.54, 1.807) is 7.11 Å². The van der Waals surface area contributed by atoms with Crippen molar-refractivity contribution in [1.82, 2.24) is 19.9 Å². The molecule has 1 aromatic carbocycles. The van der Waals surface area contributed by atoms with Crippen LogP contribution in [0.5, 0.6) is 5.75 Å². The largest absolute Gasteiger partial charge is 0.491 e. The van der Waals surface area contributed by atoms with E-state index in [2.05, 4.69) is 38.9 Å². The molecule has 4 aromatic rings. The second kappa shape index (κ2) is 9.15. The Balaban J connectivity index is 1.55. The van der Waals surface area contributed by atoms with E-state index in [4.69, 9.17) is 20.2 Å². The lowest BCUT2D eigenvalue weighted by Gasteiger charge is -2.25. The number of aromatic nitrogens is 4. The Hall–Kier alpha value is -3.30. The predicted octanol–water partition coefficient (Wildman–Crippen LogP) is 4.24. The van der Waals surface area contributed by atoms with Crippen molar-refractivity contribution in [1.29, 1.82) is 0 Å². The molecule has 176 valence electrons. The Morgan fingerprint density at radius 2 is 1.97 bits per heavy atom. The van der Waals surface area contributed by atoms with Crippen LogP contribution >= 0.6 is 11.3 Å². The number of methoxy groups -OCH3 is 1. The molecule has 1 aliphatic heterocycles. The lowest BCUT2D eigenvalue weighted by molar-refractivity contribution is 0.202. The number of hydrogen-bond donors (Lipinski definition) is 1. The number of ether oxygens (including phenoxy) is 2. The molecule has 0 bridgehead atoms. The second-order valence-electron chi connectivity index (χ2n) is 8.55. The Bertz CT molecular complexity index is 1370. The van der Waals surface area contributed by atoms with E-state index in [9.17, 15) is 0 Å². The van der Waals surface area contributed by atoms with Crippen LogP contribution in [0.4, 0.5) is 10.9 Å². The third-order valence-electron chi connectivity index (χ3n) is 6.08. The fourth-order valence-electron chi connectivity index (χ4n) is 4.53. The third kappa shape index (κ3) is 4.28. The number of hydrogen-bond acceptors (Lipinski definition) is 9. The van der Waals surface area contributed by atoms with Crippen LogP contribution in [0.15, 0.2) is 24.4 Å². The van der Waals surface area contributed by atoms with Crippen molar-refractivity contribution in [2.75, 3.05) is 37.5 Å². The summed E-state index contributed by atoms with van der Waals surface area (Å²) < 4.78 is 11.6. The summed E-state index contributed by atoms with van der Waals surface area (Å²) in [6.07, 6.45) is 2.65. The van der Waals surface area contributed by atoms with Crippen molar-refractivity contribution < 1.29 is 9.47 Å². The average Bonchev–Trinajstić information content (AvgIpc) is 3.03. The fourth-order valence-corrected chi connectivity index (χ4v) is 5.19. The van der Waals surface area contributed by atoms with E-state index in [1.807, 2.05) is 26.1 Å². The van der Waals surface area contributed by atoms with Gasteiger partial charge in [-0.05, 0) is 50.1 Å². The molecule has 0 spiro atoms. The molecule has 34 heavy (non-hydrogen) atoms. The molecule has 2 N–H and O–H groups in total. The highest BCUT2D eigenvalue weighted by Crippen LogP contribution is 2.35. The van der Waals surface area contributed by atoms with Gasteiger partial charge in [-0.15, -0.1) is 0 Å². The summed E-state index contributed by atoms with van der Waals surface area (Å²) in [5, 5.41) is 0.529. The van der Waals surface area contributed by atoms with Gasteiger partial charge in [0.2, 0.25) is 0 Å². The van der Waals surface area contributed by atoms with E-state index in [0.717, 1.165) is 74.2 Å². The standard InChI is InChI=1S/C25H28N6O2S/c1-14-9-17(18-11-21-24(27-12-18)34-25(26)30-21)10-19-13-31(6-8-33-22(14)19)23-20(5-7-32-4)15(2)28-16(3)29-23/h9-12H,5-8,13H2,1-4H3,(H2,26,30). The van der Waals surface area contributed by atoms with Gasteiger partial charge in [-0.2, -0.15) is 0 Å². The zero-order valence-electron chi connectivity index (χ0n) is 19.9. The van der Waals surface area contributed by atoms with Crippen LogP contribution in [0.2, 0.25) is 0 Å². The SMILES string of the molecule is COCCc1c(C)nc(C)nc1N1CCOc2c(C)cc(-c3cnc4sc(N)nc4c3)cc2C1. The summed E-state index contributed by atoms with van der Waals surface area (Å²) in [6, 6.07) is 6.39. The van der Waals surface area contributed by atoms with E-state index in [0.29, 0.717) is 24.9 Å². The maximum absolute atomic E-state index is 6.22. The first-order chi connectivity index (χ1) is 16.4. The fraction of sp³-hybridized carbons (Fsp3) is 0.360. The zero-order chi connectivity index (χ0) is 23.8. The van der Waals surface area contributed by atoms with Crippen LogP contribution in [-0.2, 0) is 17.7 Å². The van der Waals surface area contributed by atoms with E-state index < -0.39 is 0 Å². The van der Waals surface area contributed by atoms with Gasteiger partial charge < -0.3 is 20.1 Å². The molecule has 0 unspecified atom stereocenters. The minimum Gasteiger partial charge on any atom is -0.491 e. The van der Waals surface area contributed by atoms with E-state index in [-0.39, 0.29) is 0 Å². The van der Waals surface area contributed by atoms with E-state index >= 15 is 0 Å². The second-order valence-corrected chi connectivity index (χ2v) is 9.56. The summed E-state index contributed by atoms with van der Waals surface area (Å²) in [5.74, 6) is 2.67. The molecule has 5 rings (SSSR count). The predicted molar refractivity (Wildman–Crippen MR) is 136 cm³/mol. The first-order valence-corrected chi connectivity index (χ1v) is 12.1. The smallest absolute Gasteiger partial charge is 0.182 e. The van der Waals surface area contributed by atoms with Crippen LogP contribution in [0.3, 0.4) is 0 Å². The summed E-state index contributed by atoms with van der Waals surface area (Å²) in [4.78, 5) is 21.6. The molecule has 3 aromatic heterocycles. The van der Waals surface area contributed by atoms with Gasteiger partial charge in [0.15, 0.2) is 5.13 Å². The number of benzene rings is 1. The maximum atomic E-state index is 6.22. The zero-order valence-corrected chi connectivity index (χ0v) is 20.7. The molecule has 0 radical (unpaired) electrons.